The van der Waals surface area contributed by atoms with E-state index in [1.54, 1.807) is 6.92 Å². The van der Waals surface area contributed by atoms with Crippen molar-refractivity contribution in [3.63, 3.8) is 0 Å². The number of aliphatic hydroxyl groups is 2. The first kappa shape index (κ1) is 13.7. The fourth-order valence-corrected chi connectivity index (χ4v) is 2.08. The molecule has 1 aliphatic heterocycles. The van der Waals surface area contributed by atoms with Crippen molar-refractivity contribution in [3.8, 4) is 11.8 Å². The predicted octanol–water partition coefficient (Wildman–Crippen LogP) is -0.123. The van der Waals surface area contributed by atoms with Gasteiger partial charge in [-0.15, -0.1) is 0 Å². The summed E-state index contributed by atoms with van der Waals surface area (Å²) in [4.78, 5) is 13.8. The van der Waals surface area contributed by atoms with E-state index in [1.807, 2.05) is 0 Å². The zero-order valence-electron chi connectivity index (χ0n) is 10.3. The first-order chi connectivity index (χ1) is 9.08. The Bertz CT molecular complexity index is 574. The highest BCUT2D eigenvalue weighted by atomic mass is 19.1. The van der Waals surface area contributed by atoms with Gasteiger partial charge in [0.1, 0.15) is 18.3 Å². The summed E-state index contributed by atoms with van der Waals surface area (Å²) in [5.74, 6) is 5.28. The molecule has 1 aliphatic rings. The van der Waals surface area contributed by atoms with Gasteiger partial charge in [0.25, 0.3) is 0 Å². The van der Waals surface area contributed by atoms with Crippen LogP contribution in [0.15, 0.2) is 16.9 Å². The van der Waals surface area contributed by atoms with Crippen LogP contribution < -0.4 is 5.56 Å². The smallest absolute Gasteiger partial charge is 0.248 e. The summed E-state index contributed by atoms with van der Waals surface area (Å²) in [5.41, 5.74) is 0.263. The van der Waals surface area contributed by atoms with Crippen molar-refractivity contribution in [1.29, 1.82) is 0 Å². The first-order valence-corrected chi connectivity index (χ1v) is 5.83. The molecule has 5 nitrogen and oxygen atoms in total. The number of aromatic nitrogens is 1. The zero-order chi connectivity index (χ0) is 14.0. The Balaban J connectivity index is 2.41. The molecule has 0 aromatic carbocycles. The molecule has 0 amide bonds. The van der Waals surface area contributed by atoms with Gasteiger partial charge in [0, 0.05) is 11.6 Å². The van der Waals surface area contributed by atoms with Gasteiger partial charge < -0.3 is 19.9 Å². The Morgan fingerprint density at radius 1 is 1.53 bits per heavy atom. The standard InChI is InChI=1S/C13H14FNO4/c1-2-3-8-7(4-5-10(17)15-8)13-11(14)12(18)9(6-16)19-13/h4-5,9,11-13,16,18H,6H2,1H3,(H,15,17)/t9-,11+,12?,13+/m1/s1. The van der Waals surface area contributed by atoms with Crippen molar-refractivity contribution in [3.05, 3.63) is 33.7 Å². The van der Waals surface area contributed by atoms with Crippen molar-refractivity contribution in [2.75, 3.05) is 6.61 Å². The number of ether oxygens (including phenoxy) is 1. The lowest BCUT2D eigenvalue weighted by molar-refractivity contribution is -0.0227. The van der Waals surface area contributed by atoms with E-state index in [-0.39, 0.29) is 11.3 Å². The van der Waals surface area contributed by atoms with Crippen LogP contribution in [0.5, 0.6) is 0 Å². The van der Waals surface area contributed by atoms with Crippen LogP contribution in [0, 0.1) is 11.8 Å². The largest absolute Gasteiger partial charge is 0.394 e. The lowest BCUT2D eigenvalue weighted by Crippen LogP contribution is -2.30. The highest BCUT2D eigenvalue weighted by Crippen LogP contribution is 2.36. The summed E-state index contributed by atoms with van der Waals surface area (Å²) in [6.45, 7) is 1.11. The maximum absolute atomic E-state index is 14.0. The second-order valence-electron chi connectivity index (χ2n) is 4.24. The fraction of sp³-hybridized carbons (Fsp3) is 0.462. The lowest BCUT2D eigenvalue weighted by atomic mass is 10.0. The van der Waals surface area contributed by atoms with Gasteiger partial charge in [-0.25, -0.2) is 4.39 Å². The van der Waals surface area contributed by atoms with Crippen LogP contribution in [0.3, 0.4) is 0 Å². The molecule has 6 heteroatoms. The molecule has 1 fully saturated rings. The second-order valence-corrected chi connectivity index (χ2v) is 4.24. The van der Waals surface area contributed by atoms with Crippen LogP contribution in [0.1, 0.15) is 24.3 Å². The maximum Gasteiger partial charge on any atom is 0.248 e. The van der Waals surface area contributed by atoms with Crippen molar-refractivity contribution in [1.82, 2.24) is 4.98 Å². The third-order valence-corrected chi connectivity index (χ3v) is 3.01. The molecular formula is C13H14FNO4. The molecule has 1 saturated heterocycles. The van der Waals surface area contributed by atoms with Crippen molar-refractivity contribution in [2.24, 2.45) is 0 Å². The average Bonchev–Trinajstić information content (AvgIpc) is 2.67. The van der Waals surface area contributed by atoms with Crippen LogP contribution in [-0.2, 0) is 4.74 Å². The van der Waals surface area contributed by atoms with E-state index in [0.717, 1.165) is 0 Å². The molecule has 1 aromatic rings. The average molecular weight is 267 g/mol. The molecule has 0 bridgehead atoms. The highest BCUT2D eigenvalue weighted by Gasteiger charge is 2.45. The van der Waals surface area contributed by atoms with E-state index in [1.165, 1.54) is 12.1 Å². The second kappa shape index (κ2) is 5.53. The Hall–Kier alpha value is -1.68. The molecule has 1 unspecified atom stereocenters. The normalized spacial score (nSPS) is 29.9. The predicted molar refractivity (Wildman–Crippen MR) is 65.2 cm³/mol. The number of alkyl halides is 1. The van der Waals surface area contributed by atoms with E-state index >= 15 is 0 Å². The lowest BCUT2D eigenvalue weighted by Gasteiger charge is -2.14. The molecule has 19 heavy (non-hydrogen) atoms. The summed E-state index contributed by atoms with van der Waals surface area (Å²) < 4.78 is 19.3. The summed E-state index contributed by atoms with van der Waals surface area (Å²) in [6.07, 6.45) is -5.11. The summed E-state index contributed by atoms with van der Waals surface area (Å²) in [5, 5.41) is 18.6. The monoisotopic (exact) mass is 267 g/mol. The van der Waals surface area contributed by atoms with Gasteiger partial charge in [0.05, 0.1) is 12.3 Å². The third kappa shape index (κ3) is 2.54. The minimum absolute atomic E-state index is 0.258. The number of hydrogen-bond donors (Lipinski definition) is 3. The molecule has 1 aromatic heterocycles. The van der Waals surface area contributed by atoms with Gasteiger partial charge in [-0.1, -0.05) is 5.92 Å². The highest BCUT2D eigenvalue weighted by molar-refractivity contribution is 5.37. The quantitative estimate of drug-likeness (QED) is 0.652. The molecule has 0 spiro atoms. The van der Waals surface area contributed by atoms with Crippen LogP contribution >= 0.6 is 0 Å². The topological polar surface area (TPSA) is 82.6 Å². The van der Waals surface area contributed by atoms with Gasteiger partial charge in [0.15, 0.2) is 6.17 Å². The van der Waals surface area contributed by atoms with Crippen LogP contribution in [0.4, 0.5) is 4.39 Å². The van der Waals surface area contributed by atoms with Crippen molar-refractivity contribution < 1.29 is 19.3 Å². The number of H-pyrrole nitrogens is 1. The number of rotatable bonds is 2. The van der Waals surface area contributed by atoms with Crippen molar-refractivity contribution >= 4 is 0 Å². The Morgan fingerprint density at radius 3 is 2.84 bits per heavy atom. The summed E-state index contributed by atoms with van der Waals surface area (Å²) >= 11 is 0. The minimum atomic E-state index is -1.68. The van der Waals surface area contributed by atoms with E-state index in [4.69, 9.17) is 9.84 Å². The van der Waals surface area contributed by atoms with Crippen LogP contribution in [-0.4, -0.2) is 40.2 Å². The first-order valence-electron chi connectivity index (χ1n) is 5.83. The third-order valence-electron chi connectivity index (χ3n) is 3.01. The molecule has 2 rings (SSSR count). The van der Waals surface area contributed by atoms with Gasteiger partial charge in [0.2, 0.25) is 5.56 Å². The molecule has 0 aliphatic carbocycles. The number of aliphatic hydroxyl groups excluding tert-OH is 2. The van der Waals surface area contributed by atoms with Gasteiger partial charge in [-0.3, -0.25) is 4.79 Å². The Kier molecular flexibility index (Phi) is 4.00. The van der Waals surface area contributed by atoms with E-state index < -0.39 is 31.1 Å². The number of pyridine rings is 1. The van der Waals surface area contributed by atoms with Gasteiger partial charge in [-0.05, 0) is 18.9 Å². The minimum Gasteiger partial charge on any atom is -0.394 e. The van der Waals surface area contributed by atoms with Crippen molar-refractivity contribution in [2.45, 2.75) is 31.4 Å². The van der Waals surface area contributed by atoms with Crippen LogP contribution in [0.2, 0.25) is 0 Å². The Labute approximate surface area is 109 Å². The molecule has 0 radical (unpaired) electrons. The summed E-state index contributed by atoms with van der Waals surface area (Å²) in [7, 11) is 0. The number of nitrogens with one attached hydrogen (secondary N) is 1. The molecular weight excluding hydrogens is 253 g/mol. The fourth-order valence-electron chi connectivity index (χ4n) is 2.08. The molecule has 0 saturated carbocycles. The maximum atomic E-state index is 14.0. The zero-order valence-corrected chi connectivity index (χ0v) is 10.3. The molecule has 3 N–H and O–H groups in total. The molecule has 2 heterocycles. The van der Waals surface area contributed by atoms with Gasteiger partial charge in [-0.2, -0.15) is 0 Å². The number of aromatic amines is 1. The number of hydrogen-bond acceptors (Lipinski definition) is 4. The molecule has 102 valence electrons. The van der Waals surface area contributed by atoms with E-state index in [2.05, 4.69) is 16.8 Å². The van der Waals surface area contributed by atoms with E-state index in [9.17, 15) is 14.3 Å². The summed E-state index contributed by atoms with van der Waals surface area (Å²) in [6, 6.07) is 2.66. The van der Waals surface area contributed by atoms with Gasteiger partial charge >= 0.3 is 0 Å². The van der Waals surface area contributed by atoms with E-state index in [0.29, 0.717) is 5.56 Å². The number of halogens is 1. The Morgan fingerprint density at radius 2 is 2.26 bits per heavy atom. The van der Waals surface area contributed by atoms with Crippen LogP contribution in [0.25, 0.3) is 0 Å². The molecule has 4 atom stereocenters. The SMILES string of the molecule is CC#Cc1[nH]c(=O)ccc1[C@@H]1O[C@H](CO)C(O)[C@@H]1F.